The van der Waals surface area contributed by atoms with E-state index in [9.17, 15) is 0 Å². The molecule has 0 radical (unpaired) electrons. The predicted molar refractivity (Wildman–Crippen MR) is 77.4 cm³/mol. The Hall–Kier alpha value is -0.610. The number of halogens is 1. The Labute approximate surface area is 114 Å². The van der Waals surface area contributed by atoms with Crippen molar-refractivity contribution in [2.24, 2.45) is 5.92 Å². The maximum atomic E-state index is 4.45. The Balaban J connectivity index is 2.22. The van der Waals surface area contributed by atoms with E-state index < -0.39 is 0 Å². The summed E-state index contributed by atoms with van der Waals surface area (Å²) in [4.78, 5) is 10.0. The molecule has 0 fully saturated rings. The van der Waals surface area contributed by atoms with Gasteiger partial charge in [0.1, 0.15) is 5.52 Å². The van der Waals surface area contributed by atoms with Crippen molar-refractivity contribution in [3.63, 3.8) is 0 Å². The van der Waals surface area contributed by atoms with Gasteiger partial charge in [0, 0.05) is 21.8 Å². The van der Waals surface area contributed by atoms with Gasteiger partial charge < -0.3 is 0 Å². The van der Waals surface area contributed by atoms with Gasteiger partial charge in [-0.05, 0) is 46.2 Å². The van der Waals surface area contributed by atoms with Crippen LogP contribution in [0.25, 0.3) is 11.0 Å². The summed E-state index contributed by atoms with van der Waals surface area (Å²) in [6.45, 7) is 4.50. The molecule has 2 aromatic heterocycles. The lowest BCUT2D eigenvalue weighted by atomic mass is 10.2. The summed E-state index contributed by atoms with van der Waals surface area (Å²) >= 11 is 5.29. The normalized spacial score (nSPS) is 11.3. The third-order valence-corrected chi connectivity index (χ3v) is 3.97. The largest absolute Gasteiger partial charge is 0.254 e. The highest BCUT2D eigenvalue weighted by Crippen LogP contribution is 2.27. The van der Waals surface area contributed by atoms with Crippen LogP contribution in [0.2, 0.25) is 0 Å². The Kier molecular flexibility index (Phi) is 4.40. The van der Waals surface area contributed by atoms with Crippen molar-refractivity contribution in [1.29, 1.82) is 0 Å². The molecule has 0 atom stereocenters. The molecule has 0 saturated heterocycles. The van der Waals surface area contributed by atoms with Crippen molar-refractivity contribution < 1.29 is 0 Å². The van der Waals surface area contributed by atoms with Crippen molar-refractivity contribution in [1.82, 2.24) is 9.97 Å². The first kappa shape index (κ1) is 12.8. The molecular weight excluding hydrogens is 296 g/mol. The number of pyridine rings is 2. The van der Waals surface area contributed by atoms with Crippen LogP contribution in [0, 0.1) is 5.92 Å². The highest BCUT2D eigenvalue weighted by molar-refractivity contribution is 9.10. The van der Waals surface area contributed by atoms with E-state index in [2.05, 4.69) is 39.7 Å². The van der Waals surface area contributed by atoms with E-state index in [4.69, 9.17) is 0 Å². The second kappa shape index (κ2) is 5.83. The maximum Gasteiger partial charge on any atom is 0.102 e. The Morgan fingerprint density at radius 3 is 2.94 bits per heavy atom. The fourth-order valence-corrected chi connectivity index (χ4v) is 3.08. The van der Waals surface area contributed by atoms with Crippen LogP contribution >= 0.6 is 27.7 Å². The first-order valence-corrected chi connectivity index (χ1v) is 7.47. The van der Waals surface area contributed by atoms with Crippen LogP contribution in [0.1, 0.15) is 20.3 Å². The summed E-state index contributed by atoms with van der Waals surface area (Å²) in [5.41, 5.74) is 1.96. The molecule has 17 heavy (non-hydrogen) atoms. The summed E-state index contributed by atoms with van der Waals surface area (Å²) < 4.78 is 0.974. The van der Waals surface area contributed by atoms with Crippen molar-refractivity contribution in [3.05, 3.63) is 29.0 Å². The molecule has 4 heteroatoms. The minimum absolute atomic E-state index is 0.748. The molecule has 2 rings (SSSR count). The average Bonchev–Trinajstić information content (AvgIpc) is 2.28. The molecule has 0 bridgehead atoms. The van der Waals surface area contributed by atoms with Gasteiger partial charge in [0.05, 0.1) is 5.52 Å². The zero-order chi connectivity index (χ0) is 12.3. The van der Waals surface area contributed by atoms with Gasteiger partial charge >= 0.3 is 0 Å². The molecule has 2 aromatic rings. The predicted octanol–water partition coefficient (Wildman–Crippen LogP) is 4.53. The van der Waals surface area contributed by atoms with Gasteiger partial charge in [0.2, 0.25) is 0 Å². The van der Waals surface area contributed by atoms with Crippen molar-refractivity contribution in [2.75, 3.05) is 5.75 Å². The van der Waals surface area contributed by atoms with Gasteiger partial charge in [-0.25, -0.2) is 0 Å². The fourth-order valence-electron chi connectivity index (χ4n) is 1.50. The lowest BCUT2D eigenvalue weighted by Crippen LogP contribution is -1.91. The number of hydrogen-bond acceptors (Lipinski definition) is 3. The lowest BCUT2D eigenvalue weighted by Gasteiger charge is -2.06. The first-order valence-electron chi connectivity index (χ1n) is 5.70. The van der Waals surface area contributed by atoms with Gasteiger partial charge in [-0.3, -0.25) is 9.97 Å². The molecular formula is C13H15BrN2S. The van der Waals surface area contributed by atoms with Crippen molar-refractivity contribution >= 4 is 38.7 Å². The number of rotatable bonds is 4. The van der Waals surface area contributed by atoms with Gasteiger partial charge in [-0.15, -0.1) is 11.8 Å². The van der Waals surface area contributed by atoms with E-state index >= 15 is 0 Å². The van der Waals surface area contributed by atoms with Crippen LogP contribution < -0.4 is 0 Å². The van der Waals surface area contributed by atoms with Crippen LogP contribution in [-0.4, -0.2) is 15.7 Å². The number of thioether (sulfide) groups is 1. The molecule has 0 aliphatic heterocycles. The second-order valence-electron chi connectivity index (χ2n) is 4.36. The van der Waals surface area contributed by atoms with Gasteiger partial charge in [-0.2, -0.15) is 0 Å². The Morgan fingerprint density at radius 1 is 1.35 bits per heavy atom. The molecule has 0 amide bonds. The third kappa shape index (κ3) is 3.42. The van der Waals surface area contributed by atoms with Gasteiger partial charge in [0.25, 0.3) is 0 Å². The lowest BCUT2D eigenvalue weighted by molar-refractivity contribution is 0.632. The summed E-state index contributed by atoms with van der Waals surface area (Å²) in [6.07, 6.45) is 4.91. The zero-order valence-corrected chi connectivity index (χ0v) is 12.4. The summed E-state index contributed by atoms with van der Waals surface area (Å²) in [6, 6.07) is 4.06. The van der Waals surface area contributed by atoms with Crippen molar-refractivity contribution in [2.45, 2.75) is 25.2 Å². The molecule has 90 valence electrons. The fraction of sp³-hybridized carbons (Fsp3) is 0.385. The molecule has 0 saturated carbocycles. The third-order valence-electron chi connectivity index (χ3n) is 2.46. The molecule has 0 unspecified atom stereocenters. The van der Waals surface area contributed by atoms with Crippen molar-refractivity contribution in [3.8, 4) is 0 Å². The van der Waals surface area contributed by atoms with E-state index in [0.717, 1.165) is 27.2 Å². The molecule has 0 aliphatic rings. The number of nitrogens with zero attached hydrogens (tertiary/aromatic N) is 2. The Morgan fingerprint density at radius 2 is 2.18 bits per heavy atom. The minimum atomic E-state index is 0.748. The standard InChI is InChI=1S/C13H15BrN2S/c1-9(2)4-6-17-12-3-5-15-11-7-10(14)8-16-13(11)12/h3,5,7-9H,4,6H2,1-2H3. The number of fused-ring (bicyclic) bond motifs is 1. The molecule has 0 spiro atoms. The summed E-state index contributed by atoms with van der Waals surface area (Å²) in [7, 11) is 0. The average molecular weight is 311 g/mol. The van der Waals surface area contributed by atoms with Crippen LogP contribution in [0.3, 0.4) is 0 Å². The summed E-state index contributed by atoms with van der Waals surface area (Å²) in [5, 5.41) is 0. The van der Waals surface area contributed by atoms with Crippen LogP contribution in [-0.2, 0) is 0 Å². The van der Waals surface area contributed by atoms with E-state index in [1.54, 1.807) is 0 Å². The number of hydrogen-bond donors (Lipinski definition) is 0. The molecule has 0 aromatic carbocycles. The van der Waals surface area contributed by atoms with Crippen LogP contribution in [0.5, 0.6) is 0 Å². The van der Waals surface area contributed by atoms with E-state index in [1.165, 1.54) is 11.3 Å². The number of aromatic nitrogens is 2. The highest BCUT2D eigenvalue weighted by Gasteiger charge is 2.05. The molecule has 0 aliphatic carbocycles. The maximum absolute atomic E-state index is 4.45. The minimum Gasteiger partial charge on any atom is -0.254 e. The Bertz CT molecular complexity index is 514. The van der Waals surface area contributed by atoms with E-state index in [0.29, 0.717) is 0 Å². The first-order chi connectivity index (χ1) is 8.16. The summed E-state index contributed by atoms with van der Waals surface area (Å²) in [5.74, 6) is 1.88. The topological polar surface area (TPSA) is 25.8 Å². The van der Waals surface area contributed by atoms with Crippen LogP contribution in [0.15, 0.2) is 33.9 Å². The molecule has 0 N–H and O–H groups in total. The van der Waals surface area contributed by atoms with Gasteiger partial charge in [0.15, 0.2) is 0 Å². The molecule has 2 heterocycles. The SMILES string of the molecule is CC(C)CCSc1ccnc2cc(Br)cnc12. The molecule has 2 nitrogen and oxygen atoms in total. The quantitative estimate of drug-likeness (QED) is 0.776. The van der Waals surface area contributed by atoms with Crippen LogP contribution in [0.4, 0.5) is 0 Å². The highest BCUT2D eigenvalue weighted by atomic mass is 79.9. The van der Waals surface area contributed by atoms with E-state index in [1.807, 2.05) is 36.3 Å². The zero-order valence-electron chi connectivity index (χ0n) is 9.98. The van der Waals surface area contributed by atoms with Gasteiger partial charge in [-0.1, -0.05) is 13.8 Å². The van der Waals surface area contributed by atoms with E-state index in [-0.39, 0.29) is 0 Å². The smallest absolute Gasteiger partial charge is 0.102 e. The second-order valence-corrected chi connectivity index (χ2v) is 6.41. The monoisotopic (exact) mass is 310 g/mol.